The summed E-state index contributed by atoms with van der Waals surface area (Å²) in [7, 11) is 0. The number of amides is 1. The van der Waals surface area contributed by atoms with Gasteiger partial charge in [0, 0.05) is 19.8 Å². The molecule has 0 spiro atoms. The minimum atomic E-state index is 0.255. The number of hydrogen-bond acceptors (Lipinski definition) is 3. The Balaban J connectivity index is 1.88. The molecule has 1 N–H and O–H groups in total. The van der Waals surface area contributed by atoms with Crippen molar-refractivity contribution in [3.8, 4) is 0 Å². The molecule has 0 aliphatic carbocycles. The van der Waals surface area contributed by atoms with Crippen LogP contribution < -0.4 is 5.32 Å². The van der Waals surface area contributed by atoms with Gasteiger partial charge in [-0.15, -0.1) is 0 Å². The van der Waals surface area contributed by atoms with Crippen molar-refractivity contribution >= 4 is 5.91 Å². The van der Waals surface area contributed by atoms with Gasteiger partial charge in [-0.3, -0.25) is 10.1 Å². The lowest BCUT2D eigenvalue weighted by Gasteiger charge is -2.31. The topological polar surface area (TPSA) is 41.6 Å². The van der Waals surface area contributed by atoms with Crippen LogP contribution >= 0.6 is 0 Å². The zero-order valence-corrected chi connectivity index (χ0v) is 10.9. The van der Waals surface area contributed by atoms with Crippen LogP contribution in [-0.2, 0) is 9.53 Å². The zero-order chi connectivity index (χ0) is 12.3. The summed E-state index contributed by atoms with van der Waals surface area (Å²) in [5.74, 6) is 1.51. The SMILES string of the molecule is CC(C)CC1NCC(=O)N1CC1CCOCC1. The first kappa shape index (κ1) is 12.8. The van der Waals surface area contributed by atoms with E-state index in [9.17, 15) is 4.79 Å². The van der Waals surface area contributed by atoms with Crippen molar-refractivity contribution in [2.75, 3.05) is 26.3 Å². The largest absolute Gasteiger partial charge is 0.381 e. The monoisotopic (exact) mass is 240 g/mol. The average Bonchev–Trinajstić information content (AvgIpc) is 2.62. The summed E-state index contributed by atoms with van der Waals surface area (Å²) < 4.78 is 5.36. The van der Waals surface area contributed by atoms with E-state index in [2.05, 4.69) is 24.1 Å². The average molecular weight is 240 g/mol. The van der Waals surface area contributed by atoms with E-state index in [1.807, 2.05) is 0 Å². The van der Waals surface area contributed by atoms with Gasteiger partial charge in [-0.2, -0.15) is 0 Å². The number of nitrogens with one attached hydrogen (secondary N) is 1. The van der Waals surface area contributed by atoms with Gasteiger partial charge in [0.1, 0.15) is 0 Å². The molecule has 2 saturated heterocycles. The van der Waals surface area contributed by atoms with Gasteiger partial charge < -0.3 is 9.64 Å². The standard InChI is InChI=1S/C13H24N2O2/c1-10(2)7-12-14-8-13(16)15(12)9-11-3-5-17-6-4-11/h10-12,14H,3-9H2,1-2H3. The van der Waals surface area contributed by atoms with Crippen molar-refractivity contribution in [1.82, 2.24) is 10.2 Å². The highest BCUT2D eigenvalue weighted by atomic mass is 16.5. The number of rotatable bonds is 4. The first-order valence-electron chi connectivity index (χ1n) is 6.77. The lowest BCUT2D eigenvalue weighted by atomic mass is 9.99. The van der Waals surface area contributed by atoms with E-state index in [1.54, 1.807) is 0 Å². The van der Waals surface area contributed by atoms with E-state index in [-0.39, 0.29) is 12.1 Å². The Morgan fingerprint density at radius 2 is 2.12 bits per heavy atom. The Hall–Kier alpha value is -0.610. The molecule has 17 heavy (non-hydrogen) atoms. The zero-order valence-electron chi connectivity index (χ0n) is 10.9. The maximum absolute atomic E-state index is 11.9. The molecule has 0 radical (unpaired) electrons. The summed E-state index contributed by atoms with van der Waals surface area (Å²) in [4.78, 5) is 13.9. The van der Waals surface area contributed by atoms with Crippen LogP contribution in [0, 0.1) is 11.8 Å². The van der Waals surface area contributed by atoms with Crippen LogP contribution in [0.5, 0.6) is 0 Å². The van der Waals surface area contributed by atoms with Crippen LogP contribution in [0.3, 0.4) is 0 Å². The van der Waals surface area contributed by atoms with Crippen LogP contribution in [0.4, 0.5) is 0 Å². The lowest BCUT2D eigenvalue weighted by Crippen LogP contribution is -2.42. The van der Waals surface area contributed by atoms with Gasteiger partial charge in [0.05, 0.1) is 12.7 Å². The van der Waals surface area contributed by atoms with Gasteiger partial charge in [-0.1, -0.05) is 13.8 Å². The van der Waals surface area contributed by atoms with Crippen LogP contribution in [-0.4, -0.2) is 43.3 Å². The lowest BCUT2D eigenvalue weighted by molar-refractivity contribution is -0.129. The van der Waals surface area contributed by atoms with Crippen molar-refractivity contribution in [2.24, 2.45) is 11.8 Å². The fourth-order valence-electron chi connectivity index (χ4n) is 2.68. The molecular weight excluding hydrogens is 216 g/mol. The van der Waals surface area contributed by atoms with Gasteiger partial charge in [0.2, 0.25) is 5.91 Å². The Labute approximate surface area is 104 Å². The van der Waals surface area contributed by atoms with E-state index < -0.39 is 0 Å². The fraction of sp³-hybridized carbons (Fsp3) is 0.923. The van der Waals surface area contributed by atoms with Crippen molar-refractivity contribution in [3.05, 3.63) is 0 Å². The van der Waals surface area contributed by atoms with Gasteiger partial charge >= 0.3 is 0 Å². The van der Waals surface area contributed by atoms with Crippen molar-refractivity contribution in [1.29, 1.82) is 0 Å². The molecule has 1 atom stereocenters. The number of nitrogens with zero attached hydrogens (tertiary/aromatic N) is 1. The van der Waals surface area contributed by atoms with Gasteiger partial charge in [0.25, 0.3) is 0 Å². The molecule has 2 aliphatic rings. The molecule has 1 unspecified atom stereocenters. The summed E-state index contributed by atoms with van der Waals surface area (Å²) >= 11 is 0. The summed E-state index contributed by atoms with van der Waals surface area (Å²) in [5.41, 5.74) is 0. The van der Waals surface area contributed by atoms with Gasteiger partial charge in [-0.25, -0.2) is 0 Å². The van der Waals surface area contributed by atoms with Crippen molar-refractivity contribution < 1.29 is 9.53 Å². The fourth-order valence-corrected chi connectivity index (χ4v) is 2.68. The minimum absolute atomic E-state index is 0.255. The van der Waals surface area contributed by atoms with Crippen LogP contribution in [0.15, 0.2) is 0 Å². The molecule has 0 aromatic heterocycles. The summed E-state index contributed by atoms with van der Waals surface area (Å²) in [6, 6.07) is 0. The second-order valence-electron chi connectivity index (χ2n) is 5.63. The van der Waals surface area contributed by atoms with Gasteiger partial charge in [-0.05, 0) is 31.1 Å². The highest BCUT2D eigenvalue weighted by Crippen LogP contribution is 2.21. The Morgan fingerprint density at radius 1 is 1.41 bits per heavy atom. The maximum atomic E-state index is 11.9. The Bertz CT molecular complexity index is 262. The molecule has 2 rings (SSSR count). The van der Waals surface area contributed by atoms with Crippen LogP contribution in [0.2, 0.25) is 0 Å². The van der Waals surface area contributed by atoms with Gasteiger partial charge in [0.15, 0.2) is 0 Å². The molecule has 2 aliphatic heterocycles. The maximum Gasteiger partial charge on any atom is 0.237 e. The quantitative estimate of drug-likeness (QED) is 0.803. The first-order chi connectivity index (χ1) is 8.16. The summed E-state index contributed by atoms with van der Waals surface area (Å²) in [6.07, 6.45) is 3.50. The van der Waals surface area contributed by atoms with E-state index in [4.69, 9.17) is 4.74 Å². The van der Waals surface area contributed by atoms with E-state index >= 15 is 0 Å². The van der Waals surface area contributed by atoms with E-state index in [0.717, 1.165) is 39.0 Å². The minimum Gasteiger partial charge on any atom is -0.381 e. The van der Waals surface area contributed by atoms with Crippen molar-refractivity contribution in [3.63, 3.8) is 0 Å². The predicted octanol–water partition coefficient (Wildman–Crippen LogP) is 1.22. The second-order valence-corrected chi connectivity index (χ2v) is 5.63. The molecule has 0 aromatic rings. The van der Waals surface area contributed by atoms with Crippen LogP contribution in [0.1, 0.15) is 33.1 Å². The summed E-state index contributed by atoms with van der Waals surface area (Å²) in [6.45, 7) is 7.55. The molecule has 0 bridgehead atoms. The van der Waals surface area contributed by atoms with E-state index in [0.29, 0.717) is 18.4 Å². The number of ether oxygens (including phenoxy) is 1. The third-order valence-electron chi connectivity index (χ3n) is 3.68. The Morgan fingerprint density at radius 3 is 2.76 bits per heavy atom. The summed E-state index contributed by atoms with van der Waals surface area (Å²) in [5, 5.41) is 3.32. The molecule has 98 valence electrons. The third kappa shape index (κ3) is 3.42. The molecule has 2 fully saturated rings. The smallest absolute Gasteiger partial charge is 0.237 e. The molecule has 4 heteroatoms. The van der Waals surface area contributed by atoms with Crippen molar-refractivity contribution in [2.45, 2.75) is 39.3 Å². The van der Waals surface area contributed by atoms with Crippen LogP contribution in [0.25, 0.3) is 0 Å². The molecular formula is C13H24N2O2. The molecule has 4 nitrogen and oxygen atoms in total. The normalized spacial score (nSPS) is 27.1. The first-order valence-corrected chi connectivity index (χ1v) is 6.77. The highest BCUT2D eigenvalue weighted by Gasteiger charge is 2.32. The number of carbonyl (C=O) groups is 1. The third-order valence-corrected chi connectivity index (χ3v) is 3.68. The molecule has 1 amide bonds. The molecule has 0 saturated carbocycles. The molecule has 0 aromatic carbocycles. The predicted molar refractivity (Wildman–Crippen MR) is 66.5 cm³/mol. The Kier molecular flexibility index (Phi) is 4.40. The van der Waals surface area contributed by atoms with E-state index in [1.165, 1.54) is 0 Å². The second kappa shape index (κ2) is 5.83. The molecule has 2 heterocycles. The highest BCUT2D eigenvalue weighted by molar-refractivity contribution is 5.80. The number of carbonyl (C=O) groups excluding carboxylic acids is 1. The number of hydrogen-bond donors (Lipinski definition) is 1.